The van der Waals surface area contributed by atoms with Crippen LogP contribution in [0.4, 0.5) is 23.7 Å². The monoisotopic (exact) mass is 486 g/mol. The first-order chi connectivity index (χ1) is 16.9. The molecule has 0 radical (unpaired) electrons. The first-order valence-electron chi connectivity index (χ1n) is 12.6. The van der Waals surface area contributed by atoms with E-state index in [1.165, 1.54) is 0 Å². The van der Waals surface area contributed by atoms with Gasteiger partial charge in [0.2, 0.25) is 0 Å². The van der Waals surface area contributed by atoms with E-state index >= 15 is 0 Å². The van der Waals surface area contributed by atoms with Gasteiger partial charge < -0.3 is 14.6 Å². The van der Waals surface area contributed by atoms with Crippen molar-refractivity contribution in [2.45, 2.75) is 70.1 Å². The fourth-order valence-corrected chi connectivity index (χ4v) is 5.15. The minimum atomic E-state index is -1.13. The Hall–Kier alpha value is -2.96. The van der Waals surface area contributed by atoms with Crippen LogP contribution in [0.2, 0.25) is 0 Å². The Morgan fingerprint density at radius 2 is 1.69 bits per heavy atom. The SMILES string of the molecule is CCCCCCCN(CC1(c2cc3ccccc3o2)CCCC1)C(=O)Nc1c(F)cc(F)cc1F. The van der Waals surface area contributed by atoms with Crippen LogP contribution < -0.4 is 5.32 Å². The van der Waals surface area contributed by atoms with Gasteiger partial charge in [0.25, 0.3) is 0 Å². The van der Waals surface area contributed by atoms with Crippen molar-refractivity contribution in [2.75, 3.05) is 18.4 Å². The zero-order chi connectivity index (χ0) is 24.8. The quantitative estimate of drug-likeness (QED) is 0.294. The number of fused-ring (bicyclic) bond motifs is 1. The van der Waals surface area contributed by atoms with Gasteiger partial charge in [0.15, 0.2) is 11.6 Å². The molecule has 35 heavy (non-hydrogen) atoms. The van der Waals surface area contributed by atoms with Gasteiger partial charge in [-0.25, -0.2) is 18.0 Å². The Kier molecular flexibility index (Phi) is 8.04. The molecular weight excluding hydrogens is 453 g/mol. The second-order valence-corrected chi connectivity index (χ2v) is 9.65. The summed E-state index contributed by atoms with van der Waals surface area (Å²) >= 11 is 0. The normalized spacial score (nSPS) is 15.0. The standard InChI is InChI=1S/C28H33F3N2O2/c1-2-3-4-5-10-15-33(27(34)32-26-22(30)17-21(29)18-23(26)31)19-28(13-8-9-14-28)25-16-20-11-6-7-12-24(20)35-25/h6-7,11-12,16-18H,2-5,8-10,13-15,19H2,1H3,(H,32,34). The fraction of sp³-hybridized carbons (Fsp3) is 0.464. The second-order valence-electron chi connectivity index (χ2n) is 9.65. The molecule has 0 atom stereocenters. The molecule has 3 aromatic rings. The van der Waals surface area contributed by atoms with E-state index in [4.69, 9.17) is 4.42 Å². The van der Waals surface area contributed by atoms with Crippen LogP contribution in [0.25, 0.3) is 11.0 Å². The first kappa shape index (κ1) is 25.1. The summed E-state index contributed by atoms with van der Waals surface area (Å²) < 4.78 is 48.1. The lowest BCUT2D eigenvalue weighted by Crippen LogP contribution is -2.45. The molecule has 0 spiro atoms. The smallest absolute Gasteiger partial charge is 0.322 e. The molecule has 7 heteroatoms. The summed E-state index contributed by atoms with van der Waals surface area (Å²) in [6.07, 6.45) is 8.84. The van der Waals surface area contributed by atoms with Crippen LogP contribution in [-0.4, -0.2) is 24.0 Å². The molecule has 4 rings (SSSR count). The van der Waals surface area contributed by atoms with Crippen LogP contribution in [0.5, 0.6) is 0 Å². The van der Waals surface area contributed by atoms with Crippen LogP contribution in [0.15, 0.2) is 46.9 Å². The summed E-state index contributed by atoms with van der Waals surface area (Å²) in [5.41, 5.74) is -0.184. The highest BCUT2D eigenvalue weighted by atomic mass is 19.1. The van der Waals surface area contributed by atoms with Crippen molar-refractivity contribution >= 4 is 22.7 Å². The largest absolute Gasteiger partial charge is 0.460 e. The number of carbonyl (C=O) groups is 1. The van der Waals surface area contributed by atoms with Crippen molar-refractivity contribution in [1.29, 1.82) is 0 Å². The molecular formula is C28H33F3N2O2. The van der Waals surface area contributed by atoms with Gasteiger partial charge in [0, 0.05) is 36.0 Å². The van der Waals surface area contributed by atoms with E-state index in [9.17, 15) is 18.0 Å². The minimum absolute atomic E-state index is 0.361. The van der Waals surface area contributed by atoms with Crippen molar-refractivity contribution in [1.82, 2.24) is 4.90 Å². The zero-order valence-corrected chi connectivity index (χ0v) is 20.2. The predicted molar refractivity (Wildman–Crippen MR) is 132 cm³/mol. The molecule has 0 bridgehead atoms. The summed E-state index contributed by atoms with van der Waals surface area (Å²) in [5.74, 6) is -2.45. The maximum Gasteiger partial charge on any atom is 0.322 e. The lowest BCUT2D eigenvalue weighted by atomic mass is 9.82. The molecule has 2 aromatic carbocycles. The summed E-state index contributed by atoms with van der Waals surface area (Å²) in [6.45, 7) is 2.99. The van der Waals surface area contributed by atoms with E-state index in [0.717, 1.165) is 74.5 Å². The number of carbonyl (C=O) groups excluding carboxylic acids is 1. The number of amides is 2. The maximum absolute atomic E-state index is 14.3. The lowest BCUT2D eigenvalue weighted by Gasteiger charge is -2.34. The number of nitrogens with one attached hydrogen (secondary N) is 1. The predicted octanol–water partition coefficient (Wildman–Crippen LogP) is 8.17. The topological polar surface area (TPSA) is 45.5 Å². The molecule has 0 aliphatic heterocycles. The second kappa shape index (κ2) is 11.2. The molecule has 1 N–H and O–H groups in total. The van der Waals surface area contributed by atoms with E-state index in [1.807, 2.05) is 24.3 Å². The summed E-state index contributed by atoms with van der Waals surface area (Å²) in [5, 5.41) is 3.38. The van der Waals surface area contributed by atoms with Crippen LogP contribution >= 0.6 is 0 Å². The van der Waals surface area contributed by atoms with Gasteiger partial charge in [0.05, 0.1) is 0 Å². The van der Waals surface area contributed by atoms with Gasteiger partial charge in [-0.2, -0.15) is 0 Å². The van der Waals surface area contributed by atoms with Crippen LogP contribution in [0.1, 0.15) is 70.5 Å². The number of anilines is 1. The number of furan rings is 1. The fourth-order valence-electron chi connectivity index (χ4n) is 5.15. The molecule has 2 amide bonds. The average Bonchev–Trinajstić information content (AvgIpc) is 3.48. The highest BCUT2D eigenvalue weighted by Gasteiger charge is 2.41. The van der Waals surface area contributed by atoms with Gasteiger partial charge in [-0.3, -0.25) is 0 Å². The number of para-hydroxylation sites is 1. The van der Waals surface area contributed by atoms with Crippen LogP contribution in [0.3, 0.4) is 0 Å². The van der Waals surface area contributed by atoms with Crippen molar-refractivity contribution in [3.05, 3.63) is 65.7 Å². The molecule has 4 nitrogen and oxygen atoms in total. The van der Waals surface area contributed by atoms with E-state index in [-0.39, 0.29) is 5.41 Å². The summed E-state index contributed by atoms with van der Waals surface area (Å²) in [4.78, 5) is 15.0. The van der Waals surface area contributed by atoms with Crippen molar-refractivity contribution in [2.24, 2.45) is 0 Å². The van der Waals surface area contributed by atoms with Crippen LogP contribution in [0, 0.1) is 17.5 Å². The molecule has 188 valence electrons. The maximum atomic E-state index is 14.3. The Bertz CT molecular complexity index is 1100. The van der Waals surface area contributed by atoms with Gasteiger partial charge in [-0.15, -0.1) is 0 Å². The Morgan fingerprint density at radius 1 is 1.00 bits per heavy atom. The highest BCUT2D eigenvalue weighted by molar-refractivity contribution is 5.89. The molecule has 0 saturated heterocycles. The molecule has 1 aliphatic rings. The Labute approximate surface area is 204 Å². The van der Waals surface area contributed by atoms with Crippen molar-refractivity contribution in [3.8, 4) is 0 Å². The van der Waals surface area contributed by atoms with Crippen molar-refractivity contribution in [3.63, 3.8) is 0 Å². The third kappa shape index (κ3) is 5.82. The third-order valence-electron chi connectivity index (χ3n) is 7.06. The van der Waals surface area contributed by atoms with Crippen LogP contribution in [-0.2, 0) is 5.41 Å². The third-order valence-corrected chi connectivity index (χ3v) is 7.06. The van der Waals surface area contributed by atoms with E-state index < -0.39 is 29.2 Å². The van der Waals surface area contributed by atoms with Crippen molar-refractivity contribution < 1.29 is 22.4 Å². The molecule has 1 heterocycles. The molecule has 1 fully saturated rings. The van der Waals surface area contributed by atoms with E-state index in [1.54, 1.807) is 4.90 Å². The first-order valence-corrected chi connectivity index (χ1v) is 12.6. The van der Waals surface area contributed by atoms with Gasteiger partial charge in [-0.05, 0) is 31.4 Å². The van der Waals surface area contributed by atoms with Gasteiger partial charge in [-0.1, -0.05) is 63.6 Å². The molecule has 1 saturated carbocycles. The lowest BCUT2D eigenvalue weighted by molar-refractivity contribution is 0.183. The highest BCUT2D eigenvalue weighted by Crippen LogP contribution is 2.44. The summed E-state index contributed by atoms with van der Waals surface area (Å²) in [7, 11) is 0. The minimum Gasteiger partial charge on any atom is -0.460 e. The molecule has 1 aromatic heterocycles. The zero-order valence-electron chi connectivity index (χ0n) is 20.2. The number of rotatable bonds is 10. The Morgan fingerprint density at radius 3 is 2.37 bits per heavy atom. The number of hydrogen-bond donors (Lipinski definition) is 1. The number of hydrogen-bond acceptors (Lipinski definition) is 2. The Balaban J connectivity index is 1.58. The number of nitrogens with zero attached hydrogens (tertiary/aromatic N) is 1. The molecule has 0 unspecified atom stereocenters. The molecule has 1 aliphatic carbocycles. The van der Waals surface area contributed by atoms with Gasteiger partial charge >= 0.3 is 6.03 Å². The number of urea groups is 1. The average molecular weight is 487 g/mol. The van der Waals surface area contributed by atoms with Gasteiger partial charge in [0.1, 0.15) is 22.8 Å². The van der Waals surface area contributed by atoms with E-state index in [0.29, 0.717) is 25.2 Å². The number of unbranched alkanes of at least 4 members (excludes halogenated alkanes) is 4. The van der Waals surface area contributed by atoms with E-state index in [2.05, 4.69) is 18.3 Å². The number of benzene rings is 2. The number of halogens is 3. The summed E-state index contributed by atoms with van der Waals surface area (Å²) in [6, 6.07) is 10.4.